The van der Waals surface area contributed by atoms with E-state index >= 15 is 0 Å². The van der Waals surface area contributed by atoms with E-state index in [-0.39, 0.29) is 18.9 Å². The van der Waals surface area contributed by atoms with Crippen LogP contribution in [0.1, 0.15) is 16.1 Å². The Morgan fingerprint density at radius 2 is 1.92 bits per heavy atom. The van der Waals surface area contributed by atoms with Crippen LogP contribution in [0.4, 0.5) is 0 Å². The second-order valence-corrected chi connectivity index (χ2v) is 5.13. The number of aromatic nitrogens is 1. The fraction of sp³-hybridized carbons (Fsp3) is 0.100. The summed E-state index contributed by atoms with van der Waals surface area (Å²) in [5, 5.41) is 1.74. The molecular formula is C20H15NO3. The molecule has 0 spiro atoms. The van der Waals surface area contributed by atoms with Gasteiger partial charge in [-0.15, -0.1) is 6.42 Å². The summed E-state index contributed by atoms with van der Waals surface area (Å²) in [5.41, 5.74) is 1.21. The smallest absolute Gasteiger partial charge is 0.357 e. The van der Waals surface area contributed by atoms with Crippen molar-refractivity contribution in [1.29, 1.82) is 0 Å². The van der Waals surface area contributed by atoms with Crippen molar-refractivity contribution in [2.45, 2.75) is 6.61 Å². The Hall–Kier alpha value is -3.32. The zero-order chi connectivity index (χ0) is 16.8. The molecular weight excluding hydrogens is 302 g/mol. The number of hydrogen-bond donors (Lipinski definition) is 0. The maximum atomic E-state index is 12.1. The Morgan fingerprint density at radius 1 is 1.08 bits per heavy atom. The minimum absolute atomic E-state index is 0.211. The fourth-order valence-corrected chi connectivity index (χ4v) is 2.24. The highest BCUT2D eigenvalue weighted by Gasteiger charge is 2.10. The van der Waals surface area contributed by atoms with Crippen molar-refractivity contribution in [3.8, 4) is 18.1 Å². The van der Waals surface area contributed by atoms with Crippen LogP contribution in [0.2, 0.25) is 0 Å². The highest BCUT2D eigenvalue weighted by molar-refractivity contribution is 5.93. The Bertz CT molecular complexity index is 898. The van der Waals surface area contributed by atoms with Gasteiger partial charge in [0.05, 0.1) is 0 Å². The van der Waals surface area contributed by atoms with E-state index in [2.05, 4.69) is 10.9 Å². The van der Waals surface area contributed by atoms with Gasteiger partial charge in [-0.2, -0.15) is 0 Å². The molecule has 0 bridgehead atoms. The molecule has 0 aliphatic rings. The number of fused-ring (bicyclic) bond motifs is 1. The molecule has 0 fully saturated rings. The largest absolute Gasteiger partial charge is 0.481 e. The average molecular weight is 317 g/mol. The lowest BCUT2D eigenvalue weighted by atomic mass is 10.1. The summed E-state index contributed by atoms with van der Waals surface area (Å²) in [6.07, 6.45) is 6.80. The van der Waals surface area contributed by atoms with E-state index in [1.807, 2.05) is 42.5 Å². The van der Waals surface area contributed by atoms with Crippen molar-refractivity contribution in [3.05, 3.63) is 72.1 Å². The first-order valence-corrected chi connectivity index (χ1v) is 7.43. The van der Waals surface area contributed by atoms with Crippen LogP contribution in [0, 0.1) is 12.3 Å². The molecule has 24 heavy (non-hydrogen) atoms. The van der Waals surface area contributed by atoms with E-state index in [1.165, 1.54) is 0 Å². The summed E-state index contributed by atoms with van der Waals surface area (Å²) in [5.74, 6) is 2.63. The van der Waals surface area contributed by atoms with E-state index in [0.717, 1.165) is 16.3 Å². The highest BCUT2D eigenvalue weighted by atomic mass is 16.5. The third-order valence-corrected chi connectivity index (χ3v) is 3.44. The SMILES string of the molecule is C#CCOc1ccc2cc(C(=O)OCc3ccccc3)ncc2c1. The van der Waals surface area contributed by atoms with Crippen LogP contribution < -0.4 is 4.74 Å². The minimum Gasteiger partial charge on any atom is -0.481 e. The Morgan fingerprint density at radius 3 is 2.71 bits per heavy atom. The molecule has 3 aromatic rings. The first kappa shape index (κ1) is 15.6. The topological polar surface area (TPSA) is 48.4 Å². The zero-order valence-electron chi connectivity index (χ0n) is 12.9. The Kier molecular flexibility index (Phi) is 4.73. The molecule has 4 nitrogen and oxygen atoms in total. The predicted octanol–water partition coefficient (Wildman–Crippen LogP) is 3.60. The highest BCUT2D eigenvalue weighted by Crippen LogP contribution is 2.21. The van der Waals surface area contributed by atoms with E-state index in [9.17, 15) is 4.79 Å². The quantitative estimate of drug-likeness (QED) is 0.533. The van der Waals surface area contributed by atoms with Crippen LogP contribution in [0.5, 0.6) is 5.75 Å². The zero-order valence-corrected chi connectivity index (χ0v) is 12.9. The Labute approximate surface area is 140 Å². The molecule has 0 N–H and O–H groups in total. The second-order valence-electron chi connectivity index (χ2n) is 5.13. The lowest BCUT2D eigenvalue weighted by Crippen LogP contribution is -2.07. The molecule has 0 atom stereocenters. The van der Waals surface area contributed by atoms with Gasteiger partial charge in [-0.05, 0) is 29.1 Å². The molecule has 0 saturated heterocycles. The molecule has 0 amide bonds. The van der Waals surface area contributed by atoms with Crippen molar-refractivity contribution in [1.82, 2.24) is 4.98 Å². The van der Waals surface area contributed by atoms with Gasteiger partial charge in [0.25, 0.3) is 0 Å². The van der Waals surface area contributed by atoms with Crippen LogP contribution in [0.15, 0.2) is 60.8 Å². The molecule has 0 aliphatic carbocycles. The molecule has 2 aromatic carbocycles. The third-order valence-electron chi connectivity index (χ3n) is 3.44. The number of carbonyl (C=O) groups is 1. The molecule has 0 aliphatic heterocycles. The number of benzene rings is 2. The molecule has 4 heteroatoms. The lowest BCUT2D eigenvalue weighted by Gasteiger charge is -2.07. The minimum atomic E-state index is -0.451. The summed E-state index contributed by atoms with van der Waals surface area (Å²) in [6, 6.07) is 16.7. The number of esters is 1. The van der Waals surface area contributed by atoms with Crippen molar-refractivity contribution < 1.29 is 14.3 Å². The lowest BCUT2D eigenvalue weighted by molar-refractivity contribution is 0.0466. The first-order valence-electron chi connectivity index (χ1n) is 7.43. The molecule has 118 valence electrons. The maximum absolute atomic E-state index is 12.1. The first-order chi connectivity index (χ1) is 11.8. The summed E-state index contributed by atoms with van der Waals surface area (Å²) in [7, 11) is 0. The van der Waals surface area contributed by atoms with Crippen LogP contribution in [0.25, 0.3) is 10.8 Å². The summed E-state index contributed by atoms with van der Waals surface area (Å²) in [4.78, 5) is 16.3. The molecule has 1 aromatic heterocycles. The fourth-order valence-electron chi connectivity index (χ4n) is 2.24. The second kappa shape index (κ2) is 7.30. The van der Waals surface area contributed by atoms with Gasteiger partial charge in [-0.3, -0.25) is 0 Å². The van der Waals surface area contributed by atoms with E-state index < -0.39 is 5.97 Å². The third kappa shape index (κ3) is 3.71. The van der Waals surface area contributed by atoms with Gasteiger partial charge < -0.3 is 9.47 Å². The molecule has 0 radical (unpaired) electrons. The summed E-state index contributed by atoms with van der Waals surface area (Å²) < 4.78 is 10.7. The number of ether oxygens (including phenoxy) is 2. The van der Waals surface area contributed by atoms with Gasteiger partial charge in [0.1, 0.15) is 24.7 Å². The van der Waals surface area contributed by atoms with Gasteiger partial charge in [0.15, 0.2) is 0 Å². The number of rotatable bonds is 5. The van der Waals surface area contributed by atoms with Gasteiger partial charge in [-0.1, -0.05) is 42.3 Å². The van der Waals surface area contributed by atoms with Crippen LogP contribution >= 0.6 is 0 Å². The molecule has 0 saturated carbocycles. The van der Waals surface area contributed by atoms with E-state index in [4.69, 9.17) is 15.9 Å². The molecule has 1 heterocycles. The van der Waals surface area contributed by atoms with Crippen molar-refractivity contribution in [3.63, 3.8) is 0 Å². The summed E-state index contributed by atoms with van der Waals surface area (Å²) in [6.45, 7) is 0.432. The standard InChI is InChI=1S/C20H15NO3/c1-2-10-23-18-9-8-16-12-19(21-13-17(16)11-18)20(22)24-14-15-6-4-3-5-7-15/h1,3-9,11-13H,10,14H2. The molecule has 3 rings (SSSR count). The predicted molar refractivity (Wildman–Crippen MR) is 91.6 cm³/mol. The van der Waals surface area contributed by atoms with Crippen molar-refractivity contribution in [2.75, 3.05) is 6.61 Å². The Balaban J connectivity index is 1.73. The van der Waals surface area contributed by atoms with Gasteiger partial charge in [-0.25, -0.2) is 9.78 Å². The number of pyridine rings is 1. The number of nitrogens with zero attached hydrogens (tertiary/aromatic N) is 1. The van der Waals surface area contributed by atoms with Gasteiger partial charge >= 0.3 is 5.97 Å². The average Bonchev–Trinajstić information content (AvgIpc) is 2.64. The number of terminal acetylenes is 1. The van der Waals surface area contributed by atoms with Gasteiger partial charge in [0, 0.05) is 11.6 Å². The normalized spacial score (nSPS) is 10.1. The van der Waals surface area contributed by atoms with E-state index in [0.29, 0.717) is 5.75 Å². The van der Waals surface area contributed by atoms with Gasteiger partial charge in [0.2, 0.25) is 0 Å². The monoisotopic (exact) mass is 317 g/mol. The maximum Gasteiger partial charge on any atom is 0.357 e. The van der Waals surface area contributed by atoms with Crippen LogP contribution in [0.3, 0.4) is 0 Å². The van der Waals surface area contributed by atoms with Crippen molar-refractivity contribution in [2.24, 2.45) is 0 Å². The van der Waals surface area contributed by atoms with Crippen LogP contribution in [-0.4, -0.2) is 17.6 Å². The molecule has 0 unspecified atom stereocenters. The van der Waals surface area contributed by atoms with Crippen molar-refractivity contribution >= 4 is 16.7 Å². The number of carbonyl (C=O) groups excluding carboxylic acids is 1. The summed E-state index contributed by atoms with van der Waals surface area (Å²) >= 11 is 0. The van der Waals surface area contributed by atoms with E-state index in [1.54, 1.807) is 18.3 Å². The number of hydrogen-bond acceptors (Lipinski definition) is 4. The van der Waals surface area contributed by atoms with Crippen LogP contribution in [-0.2, 0) is 11.3 Å².